The first-order valence-corrected chi connectivity index (χ1v) is 4.63. The van der Waals surface area contributed by atoms with Gasteiger partial charge in [0, 0.05) is 26.9 Å². The highest BCUT2D eigenvalue weighted by Gasteiger charge is 2.12. The van der Waals surface area contributed by atoms with Crippen molar-refractivity contribution in [3.8, 4) is 0 Å². The third kappa shape index (κ3) is 3.45. The van der Waals surface area contributed by atoms with Crippen molar-refractivity contribution >= 4 is 5.82 Å². The molecule has 1 heterocycles. The van der Waals surface area contributed by atoms with E-state index in [1.54, 1.807) is 11.9 Å². The molecule has 1 unspecified atom stereocenters. The molecule has 4 nitrogen and oxygen atoms in total. The highest BCUT2D eigenvalue weighted by molar-refractivity contribution is 5.38. The molecule has 0 spiro atoms. The molecule has 84 valence electrons. The van der Waals surface area contributed by atoms with E-state index < -0.39 is 11.9 Å². The van der Waals surface area contributed by atoms with E-state index in [1.807, 2.05) is 0 Å². The topological polar surface area (TPSA) is 45.6 Å². The molecule has 0 bridgehead atoms. The summed E-state index contributed by atoms with van der Waals surface area (Å²) in [6.45, 7) is 0.501. The minimum Gasteiger partial charge on any atom is -0.389 e. The number of likely N-dealkylation sites (N-methyl/N-ethyl adjacent to an activating group) is 1. The number of aliphatic hydroxyl groups is 1. The van der Waals surface area contributed by atoms with Crippen molar-refractivity contribution in [1.82, 2.24) is 4.98 Å². The molecule has 1 aromatic heterocycles. The zero-order valence-electron chi connectivity index (χ0n) is 8.85. The van der Waals surface area contributed by atoms with Gasteiger partial charge in [0.2, 0.25) is 0 Å². The van der Waals surface area contributed by atoms with Crippen molar-refractivity contribution in [2.45, 2.75) is 6.10 Å². The Hall–Kier alpha value is -1.20. The fraction of sp³-hybridized carbons (Fsp3) is 0.500. The summed E-state index contributed by atoms with van der Waals surface area (Å²) in [4.78, 5) is 5.44. The van der Waals surface area contributed by atoms with E-state index in [4.69, 9.17) is 4.74 Å². The van der Waals surface area contributed by atoms with Gasteiger partial charge >= 0.3 is 0 Å². The van der Waals surface area contributed by atoms with E-state index in [-0.39, 0.29) is 19.0 Å². The van der Waals surface area contributed by atoms with Gasteiger partial charge in [-0.2, -0.15) is 0 Å². The van der Waals surface area contributed by atoms with Crippen molar-refractivity contribution in [1.29, 1.82) is 0 Å². The van der Waals surface area contributed by atoms with Crippen LogP contribution in [0, 0.1) is 5.82 Å². The van der Waals surface area contributed by atoms with Gasteiger partial charge in [0.25, 0.3) is 0 Å². The monoisotopic (exact) mass is 214 g/mol. The maximum absolute atomic E-state index is 13.3. The van der Waals surface area contributed by atoms with E-state index in [1.165, 1.54) is 25.4 Å². The first kappa shape index (κ1) is 11.9. The van der Waals surface area contributed by atoms with Crippen LogP contribution in [0.25, 0.3) is 0 Å². The maximum Gasteiger partial charge on any atom is 0.165 e. The number of pyridine rings is 1. The molecule has 0 saturated heterocycles. The fourth-order valence-corrected chi connectivity index (χ4v) is 1.31. The largest absolute Gasteiger partial charge is 0.389 e. The van der Waals surface area contributed by atoms with E-state index in [2.05, 4.69) is 4.98 Å². The zero-order chi connectivity index (χ0) is 11.3. The van der Waals surface area contributed by atoms with Crippen LogP contribution in [0.4, 0.5) is 10.2 Å². The summed E-state index contributed by atoms with van der Waals surface area (Å²) in [5, 5.41) is 9.45. The Morgan fingerprint density at radius 3 is 3.00 bits per heavy atom. The van der Waals surface area contributed by atoms with E-state index in [0.717, 1.165) is 0 Å². The Balaban J connectivity index is 2.61. The third-order valence-electron chi connectivity index (χ3n) is 1.94. The fourth-order valence-electron chi connectivity index (χ4n) is 1.31. The van der Waals surface area contributed by atoms with Gasteiger partial charge in [-0.1, -0.05) is 0 Å². The van der Waals surface area contributed by atoms with Crippen molar-refractivity contribution < 1.29 is 14.2 Å². The summed E-state index contributed by atoms with van der Waals surface area (Å²) in [5.74, 6) is -0.169. The van der Waals surface area contributed by atoms with Gasteiger partial charge in [-0.15, -0.1) is 0 Å². The van der Waals surface area contributed by atoms with Crippen LogP contribution in [0.5, 0.6) is 0 Å². The first-order chi connectivity index (χ1) is 7.15. The molecule has 0 radical (unpaired) electrons. The lowest BCUT2D eigenvalue weighted by atomic mass is 10.3. The second-order valence-corrected chi connectivity index (χ2v) is 3.30. The van der Waals surface area contributed by atoms with Crippen LogP contribution in [-0.4, -0.2) is 43.5 Å². The molecule has 0 amide bonds. The van der Waals surface area contributed by atoms with Gasteiger partial charge in [-0.25, -0.2) is 9.37 Å². The number of rotatable bonds is 5. The normalized spacial score (nSPS) is 12.5. The molecular formula is C10H15FN2O2. The summed E-state index contributed by atoms with van der Waals surface area (Å²) in [7, 11) is 3.18. The molecule has 1 atom stereocenters. The summed E-state index contributed by atoms with van der Waals surface area (Å²) in [5.41, 5.74) is 0. The van der Waals surface area contributed by atoms with Gasteiger partial charge in [0.05, 0.1) is 12.7 Å². The molecular weight excluding hydrogens is 199 g/mol. The Labute approximate surface area is 88.3 Å². The van der Waals surface area contributed by atoms with Crippen LogP contribution < -0.4 is 4.90 Å². The minimum absolute atomic E-state index is 0.221. The Kier molecular flexibility index (Phi) is 4.45. The number of methoxy groups -OCH3 is 1. The Bertz CT molecular complexity index is 309. The molecule has 1 aromatic rings. The Morgan fingerprint density at radius 1 is 1.67 bits per heavy atom. The minimum atomic E-state index is -0.651. The summed E-state index contributed by atoms with van der Waals surface area (Å²) in [6, 6.07) is 2.86. The number of hydrogen-bond donors (Lipinski definition) is 1. The SMILES string of the molecule is COCC(O)CN(C)c1ncccc1F. The molecule has 1 rings (SSSR count). The second kappa shape index (κ2) is 5.63. The molecule has 0 aliphatic carbocycles. The number of ether oxygens (including phenoxy) is 1. The van der Waals surface area contributed by atoms with Gasteiger partial charge in [-0.3, -0.25) is 0 Å². The highest BCUT2D eigenvalue weighted by Crippen LogP contribution is 2.13. The quantitative estimate of drug-likeness (QED) is 0.782. The number of nitrogens with zero attached hydrogens (tertiary/aromatic N) is 2. The predicted molar refractivity (Wildman–Crippen MR) is 55.3 cm³/mol. The number of anilines is 1. The third-order valence-corrected chi connectivity index (χ3v) is 1.94. The molecule has 0 aliphatic rings. The lowest BCUT2D eigenvalue weighted by Crippen LogP contribution is -2.32. The predicted octanol–water partition coefficient (Wildman–Crippen LogP) is 0.664. The number of hydrogen-bond acceptors (Lipinski definition) is 4. The molecule has 5 heteroatoms. The maximum atomic E-state index is 13.3. The van der Waals surface area contributed by atoms with Gasteiger partial charge < -0.3 is 14.7 Å². The van der Waals surface area contributed by atoms with Crippen LogP contribution in [0.2, 0.25) is 0 Å². The molecule has 1 N–H and O–H groups in total. The zero-order valence-corrected chi connectivity index (χ0v) is 8.85. The van der Waals surface area contributed by atoms with Crippen molar-refractivity contribution in [3.63, 3.8) is 0 Å². The van der Waals surface area contributed by atoms with Crippen LogP contribution in [0.3, 0.4) is 0 Å². The number of aliphatic hydroxyl groups excluding tert-OH is 1. The van der Waals surface area contributed by atoms with Crippen molar-refractivity contribution in [3.05, 3.63) is 24.1 Å². The molecule has 0 saturated carbocycles. The summed E-state index contributed by atoms with van der Waals surface area (Å²) in [6.07, 6.45) is 0.860. The van der Waals surface area contributed by atoms with Crippen LogP contribution >= 0.6 is 0 Å². The summed E-state index contributed by atoms with van der Waals surface area (Å²) < 4.78 is 18.0. The van der Waals surface area contributed by atoms with Crippen LogP contribution in [0.15, 0.2) is 18.3 Å². The van der Waals surface area contributed by atoms with Gasteiger partial charge in [0.15, 0.2) is 11.6 Å². The van der Waals surface area contributed by atoms with Crippen molar-refractivity contribution in [2.75, 3.05) is 32.2 Å². The van der Waals surface area contributed by atoms with Crippen LogP contribution in [-0.2, 0) is 4.74 Å². The summed E-state index contributed by atoms with van der Waals surface area (Å²) >= 11 is 0. The van der Waals surface area contributed by atoms with E-state index in [9.17, 15) is 9.50 Å². The van der Waals surface area contributed by atoms with E-state index in [0.29, 0.717) is 0 Å². The standard InChI is InChI=1S/C10H15FN2O2/c1-13(6-8(14)7-15-2)10-9(11)4-3-5-12-10/h3-5,8,14H,6-7H2,1-2H3. The molecule has 0 fully saturated rings. The number of halogens is 1. The Morgan fingerprint density at radius 2 is 2.40 bits per heavy atom. The lowest BCUT2D eigenvalue weighted by molar-refractivity contribution is 0.0693. The van der Waals surface area contributed by atoms with Gasteiger partial charge in [0.1, 0.15) is 0 Å². The first-order valence-electron chi connectivity index (χ1n) is 4.63. The average molecular weight is 214 g/mol. The van der Waals surface area contributed by atoms with Crippen molar-refractivity contribution in [2.24, 2.45) is 0 Å². The average Bonchev–Trinajstić information content (AvgIpc) is 2.18. The molecule has 0 aromatic carbocycles. The molecule has 15 heavy (non-hydrogen) atoms. The number of aromatic nitrogens is 1. The lowest BCUT2D eigenvalue weighted by Gasteiger charge is -2.21. The smallest absolute Gasteiger partial charge is 0.165 e. The highest BCUT2D eigenvalue weighted by atomic mass is 19.1. The van der Waals surface area contributed by atoms with Crippen LogP contribution in [0.1, 0.15) is 0 Å². The molecule has 0 aliphatic heterocycles. The van der Waals surface area contributed by atoms with E-state index >= 15 is 0 Å². The van der Waals surface area contributed by atoms with Gasteiger partial charge in [-0.05, 0) is 12.1 Å². The second-order valence-electron chi connectivity index (χ2n) is 3.30.